The molecule has 1 rings (SSSR count). The first kappa shape index (κ1) is 12.6. The summed E-state index contributed by atoms with van der Waals surface area (Å²) in [5, 5.41) is 0. The second-order valence-corrected chi connectivity index (χ2v) is 6.06. The number of benzene rings is 1. The molecule has 3 heteroatoms. The summed E-state index contributed by atoms with van der Waals surface area (Å²) in [7, 11) is 0. The molecule has 0 aromatic heterocycles. The molecule has 84 valence electrons. The van der Waals surface area contributed by atoms with Crippen LogP contribution < -0.4 is 0 Å². The SMILES string of the molecule is CC(Br)CC(C)(C)c1cc(F)ccc1F. The summed E-state index contributed by atoms with van der Waals surface area (Å²) in [5.41, 5.74) is 0.0727. The van der Waals surface area contributed by atoms with Crippen molar-refractivity contribution in [1.29, 1.82) is 0 Å². The summed E-state index contributed by atoms with van der Waals surface area (Å²) >= 11 is 3.43. The summed E-state index contributed by atoms with van der Waals surface area (Å²) in [6, 6.07) is 3.61. The highest BCUT2D eigenvalue weighted by Crippen LogP contribution is 2.32. The molecule has 0 bridgehead atoms. The first-order chi connectivity index (χ1) is 6.83. The topological polar surface area (TPSA) is 0 Å². The van der Waals surface area contributed by atoms with Crippen molar-refractivity contribution < 1.29 is 8.78 Å². The van der Waals surface area contributed by atoms with Crippen molar-refractivity contribution >= 4 is 15.9 Å². The Bertz CT molecular complexity index is 345. The second kappa shape index (κ2) is 4.60. The number of alkyl halides is 1. The molecule has 1 unspecified atom stereocenters. The third kappa shape index (κ3) is 3.26. The van der Waals surface area contributed by atoms with Gasteiger partial charge in [0, 0.05) is 4.83 Å². The van der Waals surface area contributed by atoms with Gasteiger partial charge in [-0.25, -0.2) is 8.78 Å². The van der Waals surface area contributed by atoms with Gasteiger partial charge in [0.05, 0.1) is 0 Å². The van der Waals surface area contributed by atoms with Crippen LogP contribution in [0.2, 0.25) is 0 Å². The molecule has 0 amide bonds. The monoisotopic (exact) mass is 276 g/mol. The Morgan fingerprint density at radius 2 is 1.93 bits per heavy atom. The fourth-order valence-electron chi connectivity index (χ4n) is 1.83. The lowest BCUT2D eigenvalue weighted by Crippen LogP contribution is -2.22. The van der Waals surface area contributed by atoms with Crippen LogP contribution in [0.5, 0.6) is 0 Å². The minimum Gasteiger partial charge on any atom is -0.207 e. The average molecular weight is 277 g/mol. The van der Waals surface area contributed by atoms with Crippen LogP contribution in [0.15, 0.2) is 18.2 Å². The third-order valence-electron chi connectivity index (χ3n) is 2.45. The van der Waals surface area contributed by atoms with E-state index in [4.69, 9.17) is 0 Å². The van der Waals surface area contributed by atoms with Gasteiger partial charge in [0.25, 0.3) is 0 Å². The maximum atomic E-state index is 13.5. The normalized spacial score (nSPS) is 14.0. The first-order valence-electron chi connectivity index (χ1n) is 4.92. The average Bonchev–Trinajstić information content (AvgIpc) is 2.06. The van der Waals surface area contributed by atoms with Gasteiger partial charge in [0.2, 0.25) is 0 Å². The smallest absolute Gasteiger partial charge is 0.127 e. The van der Waals surface area contributed by atoms with Crippen molar-refractivity contribution in [3.8, 4) is 0 Å². The fraction of sp³-hybridized carbons (Fsp3) is 0.500. The van der Waals surface area contributed by atoms with Crippen LogP contribution in [0.1, 0.15) is 32.8 Å². The van der Waals surface area contributed by atoms with Crippen LogP contribution in [0.3, 0.4) is 0 Å². The molecule has 0 saturated carbocycles. The number of hydrogen-bond acceptors (Lipinski definition) is 0. The quantitative estimate of drug-likeness (QED) is 0.718. The van der Waals surface area contributed by atoms with E-state index in [-0.39, 0.29) is 21.9 Å². The highest BCUT2D eigenvalue weighted by molar-refractivity contribution is 9.09. The Labute approximate surface area is 97.8 Å². The minimum atomic E-state index is -0.387. The molecule has 15 heavy (non-hydrogen) atoms. The summed E-state index contributed by atoms with van der Waals surface area (Å²) in [4.78, 5) is 0.273. The largest absolute Gasteiger partial charge is 0.207 e. The molecule has 0 saturated heterocycles. The molecular formula is C12H15BrF2. The minimum absolute atomic E-state index is 0.273. The van der Waals surface area contributed by atoms with Crippen molar-refractivity contribution in [2.45, 2.75) is 37.4 Å². The molecule has 0 nitrogen and oxygen atoms in total. The van der Waals surface area contributed by atoms with E-state index < -0.39 is 0 Å². The van der Waals surface area contributed by atoms with Crippen molar-refractivity contribution in [2.75, 3.05) is 0 Å². The van der Waals surface area contributed by atoms with Crippen molar-refractivity contribution in [1.82, 2.24) is 0 Å². The zero-order valence-electron chi connectivity index (χ0n) is 9.15. The van der Waals surface area contributed by atoms with E-state index in [1.54, 1.807) is 0 Å². The van der Waals surface area contributed by atoms with Crippen LogP contribution in [-0.4, -0.2) is 4.83 Å². The van der Waals surface area contributed by atoms with Crippen molar-refractivity contribution in [3.63, 3.8) is 0 Å². The van der Waals surface area contributed by atoms with Crippen LogP contribution >= 0.6 is 15.9 Å². The lowest BCUT2D eigenvalue weighted by atomic mass is 9.80. The predicted molar refractivity (Wildman–Crippen MR) is 62.4 cm³/mol. The Morgan fingerprint density at radius 1 is 1.33 bits per heavy atom. The molecule has 0 aliphatic carbocycles. The third-order valence-corrected chi connectivity index (χ3v) is 2.77. The van der Waals surface area contributed by atoms with Gasteiger partial charge in [0.15, 0.2) is 0 Å². The Hall–Kier alpha value is -0.440. The molecule has 0 heterocycles. The van der Waals surface area contributed by atoms with Gasteiger partial charge < -0.3 is 0 Å². The van der Waals surface area contributed by atoms with Crippen molar-refractivity contribution in [3.05, 3.63) is 35.4 Å². The van der Waals surface area contributed by atoms with Crippen molar-refractivity contribution in [2.24, 2.45) is 0 Å². The number of halogens is 3. The molecule has 0 radical (unpaired) electrons. The zero-order valence-corrected chi connectivity index (χ0v) is 10.7. The van der Waals surface area contributed by atoms with Gasteiger partial charge in [-0.3, -0.25) is 0 Å². The van der Waals surface area contributed by atoms with Gasteiger partial charge >= 0.3 is 0 Å². The number of hydrogen-bond donors (Lipinski definition) is 0. The van der Waals surface area contributed by atoms with E-state index in [2.05, 4.69) is 15.9 Å². The summed E-state index contributed by atoms with van der Waals surface area (Å²) < 4.78 is 26.6. The Morgan fingerprint density at radius 3 is 2.47 bits per heavy atom. The molecule has 0 aliphatic rings. The maximum absolute atomic E-state index is 13.5. The summed E-state index contributed by atoms with van der Waals surface area (Å²) in [6.45, 7) is 5.84. The molecule has 0 aliphatic heterocycles. The van der Waals surface area contributed by atoms with Gasteiger partial charge in [-0.05, 0) is 35.6 Å². The fourth-order valence-corrected chi connectivity index (χ4v) is 2.64. The molecule has 1 atom stereocenters. The Balaban J connectivity index is 3.08. The molecule has 1 aromatic rings. The highest BCUT2D eigenvalue weighted by atomic mass is 79.9. The van der Waals surface area contributed by atoms with Gasteiger partial charge in [-0.2, -0.15) is 0 Å². The van der Waals surface area contributed by atoms with Crippen LogP contribution in [-0.2, 0) is 5.41 Å². The van der Waals surface area contributed by atoms with Crippen LogP contribution in [0.4, 0.5) is 8.78 Å². The molecule has 0 N–H and O–H groups in total. The molecule has 1 aromatic carbocycles. The van der Waals surface area contributed by atoms with E-state index in [1.807, 2.05) is 20.8 Å². The highest BCUT2D eigenvalue weighted by Gasteiger charge is 2.26. The first-order valence-corrected chi connectivity index (χ1v) is 5.84. The van der Waals surface area contributed by atoms with E-state index >= 15 is 0 Å². The van der Waals surface area contributed by atoms with Gasteiger partial charge in [0.1, 0.15) is 11.6 Å². The van der Waals surface area contributed by atoms with Gasteiger partial charge in [-0.15, -0.1) is 0 Å². The standard InChI is InChI=1S/C12H15BrF2/c1-8(13)7-12(2,3)10-6-9(14)4-5-11(10)15/h4-6,8H,7H2,1-3H3. The predicted octanol–water partition coefficient (Wildman–Crippen LogP) is 4.42. The molecule has 0 spiro atoms. The lowest BCUT2D eigenvalue weighted by Gasteiger charge is -2.27. The summed E-state index contributed by atoms with van der Waals surface area (Å²) in [6.07, 6.45) is 0.757. The Kier molecular flexibility index (Phi) is 3.87. The summed E-state index contributed by atoms with van der Waals surface area (Å²) in [5.74, 6) is -0.726. The van der Waals surface area contributed by atoms with Gasteiger partial charge in [-0.1, -0.05) is 36.7 Å². The van der Waals surface area contributed by atoms with E-state index in [0.29, 0.717) is 5.56 Å². The maximum Gasteiger partial charge on any atom is 0.127 e. The van der Waals surface area contributed by atoms with E-state index in [9.17, 15) is 8.78 Å². The zero-order chi connectivity index (χ0) is 11.6. The lowest BCUT2D eigenvalue weighted by molar-refractivity contribution is 0.447. The number of rotatable bonds is 3. The van der Waals surface area contributed by atoms with E-state index in [1.165, 1.54) is 12.1 Å². The van der Waals surface area contributed by atoms with E-state index in [0.717, 1.165) is 12.5 Å². The molecular weight excluding hydrogens is 262 g/mol. The molecule has 0 fully saturated rings. The second-order valence-electron chi connectivity index (χ2n) is 4.49. The van der Waals surface area contributed by atoms with Crippen LogP contribution in [0, 0.1) is 11.6 Å². The van der Waals surface area contributed by atoms with Crippen LogP contribution in [0.25, 0.3) is 0 Å².